The normalized spacial score (nSPS) is 19.9. The first kappa shape index (κ1) is 14.4. The summed E-state index contributed by atoms with van der Waals surface area (Å²) in [6.45, 7) is 6.49. The molecule has 3 rings (SSSR count). The molecule has 0 saturated carbocycles. The summed E-state index contributed by atoms with van der Waals surface area (Å²) in [7, 11) is 0. The van der Waals surface area contributed by atoms with Crippen LogP contribution in [0, 0.1) is 0 Å². The number of aromatic nitrogens is 2. The topological polar surface area (TPSA) is 70.0 Å². The molecule has 0 bridgehead atoms. The van der Waals surface area contributed by atoms with Crippen molar-refractivity contribution in [2.24, 2.45) is 5.73 Å². The summed E-state index contributed by atoms with van der Waals surface area (Å²) in [4.78, 5) is 2.38. The number of nitrogens with one attached hydrogen (secondary N) is 2. The number of hydrogen-bond donors (Lipinski definition) is 3. The first-order valence-electron chi connectivity index (χ1n) is 7.45. The number of hydrogen-bond acceptors (Lipinski definition) is 4. The third-order valence-electron chi connectivity index (χ3n) is 4.00. The molecule has 2 heterocycles. The fourth-order valence-corrected chi connectivity index (χ4v) is 2.88. The van der Waals surface area contributed by atoms with Gasteiger partial charge in [-0.05, 0) is 30.0 Å². The second kappa shape index (κ2) is 6.49. The second-order valence-corrected chi connectivity index (χ2v) is 5.32. The van der Waals surface area contributed by atoms with E-state index >= 15 is 0 Å². The zero-order chi connectivity index (χ0) is 15.4. The van der Waals surface area contributed by atoms with Gasteiger partial charge in [-0.3, -0.25) is 5.10 Å². The number of H-pyrrole nitrogens is 1. The number of piperazine rings is 1. The lowest BCUT2D eigenvalue weighted by Gasteiger charge is -2.38. The molecule has 0 amide bonds. The minimum absolute atomic E-state index is 0.208. The van der Waals surface area contributed by atoms with Crippen molar-refractivity contribution in [2.45, 2.75) is 6.04 Å². The summed E-state index contributed by atoms with van der Waals surface area (Å²) in [6, 6.07) is 6.58. The van der Waals surface area contributed by atoms with E-state index in [1.807, 2.05) is 18.3 Å². The first-order chi connectivity index (χ1) is 10.8. The third kappa shape index (κ3) is 2.76. The van der Waals surface area contributed by atoms with Crippen LogP contribution >= 0.6 is 0 Å². The number of nitrogens with zero attached hydrogens (tertiary/aromatic N) is 2. The van der Waals surface area contributed by atoms with Crippen LogP contribution in [0.15, 0.2) is 61.0 Å². The molecule has 0 aliphatic carbocycles. The number of allylic oxidation sites excluding steroid dienone is 2. The van der Waals surface area contributed by atoms with E-state index in [0.29, 0.717) is 0 Å². The number of rotatable bonds is 4. The van der Waals surface area contributed by atoms with E-state index in [2.05, 4.69) is 45.2 Å². The highest BCUT2D eigenvalue weighted by molar-refractivity contribution is 5.82. The molecule has 114 valence electrons. The summed E-state index contributed by atoms with van der Waals surface area (Å²) >= 11 is 0. The monoisotopic (exact) mass is 295 g/mol. The highest BCUT2D eigenvalue weighted by atomic mass is 15.2. The van der Waals surface area contributed by atoms with Crippen LogP contribution in [0.5, 0.6) is 0 Å². The number of fused-ring (bicyclic) bond motifs is 1. The Kier molecular flexibility index (Phi) is 4.25. The lowest BCUT2D eigenvalue weighted by atomic mass is 10.0. The predicted molar refractivity (Wildman–Crippen MR) is 91.7 cm³/mol. The Bertz CT molecular complexity index is 713. The maximum Gasteiger partial charge on any atom is 0.0681 e. The molecule has 1 aromatic carbocycles. The largest absolute Gasteiger partial charge is 0.404 e. The van der Waals surface area contributed by atoms with Gasteiger partial charge in [-0.2, -0.15) is 5.10 Å². The van der Waals surface area contributed by atoms with Gasteiger partial charge >= 0.3 is 0 Å². The standard InChI is InChI=1S/C17H21N5/c1-2-3-4-13(10-18)17-12-19-7-8-22(17)15-5-6-16-14(9-15)11-20-21-16/h2-6,9-11,17,19H,1,7-8,12,18H2,(H,20,21)/b4-3-,13-10+. The van der Waals surface area contributed by atoms with Gasteiger partial charge in [-0.15, -0.1) is 0 Å². The summed E-state index contributed by atoms with van der Waals surface area (Å²) in [5.41, 5.74) is 9.16. The van der Waals surface area contributed by atoms with Crippen molar-refractivity contribution in [3.05, 3.63) is 61.0 Å². The van der Waals surface area contributed by atoms with Gasteiger partial charge in [-0.25, -0.2) is 0 Å². The molecule has 1 saturated heterocycles. The van der Waals surface area contributed by atoms with Crippen molar-refractivity contribution in [2.75, 3.05) is 24.5 Å². The van der Waals surface area contributed by atoms with Crippen molar-refractivity contribution in [1.82, 2.24) is 15.5 Å². The Morgan fingerprint density at radius 3 is 3.18 bits per heavy atom. The number of nitrogens with two attached hydrogens (primary N) is 1. The van der Waals surface area contributed by atoms with Crippen molar-refractivity contribution >= 4 is 16.6 Å². The summed E-state index contributed by atoms with van der Waals surface area (Å²) < 4.78 is 0. The molecular formula is C17H21N5. The van der Waals surface area contributed by atoms with E-state index in [1.54, 1.807) is 12.3 Å². The highest BCUT2D eigenvalue weighted by Crippen LogP contribution is 2.26. The number of anilines is 1. The predicted octanol–water partition coefficient (Wildman–Crippen LogP) is 1.93. The minimum atomic E-state index is 0.208. The first-order valence-corrected chi connectivity index (χ1v) is 7.45. The molecule has 5 heteroatoms. The molecule has 5 nitrogen and oxygen atoms in total. The fraction of sp³-hybridized carbons (Fsp3) is 0.235. The van der Waals surface area contributed by atoms with Crippen LogP contribution in [-0.2, 0) is 0 Å². The van der Waals surface area contributed by atoms with Crippen molar-refractivity contribution in [3.63, 3.8) is 0 Å². The second-order valence-electron chi connectivity index (χ2n) is 5.32. The molecule has 1 aromatic heterocycles. The molecule has 22 heavy (non-hydrogen) atoms. The molecule has 1 unspecified atom stereocenters. The molecule has 2 aromatic rings. The molecule has 4 N–H and O–H groups in total. The van der Waals surface area contributed by atoms with Gasteiger partial charge in [0.2, 0.25) is 0 Å². The van der Waals surface area contributed by atoms with E-state index in [4.69, 9.17) is 5.73 Å². The Hall–Kier alpha value is -2.53. The van der Waals surface area contributed by atoms with E-state index in [0.717, 1.165) is 36.1 Å². The maximum absolute atomic E-state index is 5.84. The molecule has 0 spiro atoms. The third-order valence-corrected chi connectivity index (χ3v) is 4.00. The Balaban J connectivity index is 1.94. The zero-order valence-corrected chi connectivity index (χ0v) is 12.5. The van der Waals surface area contributed by atoms with Crippen LogP contribution in [0.25, 0.3) is 10.9 Å². The number of benzene rings is 1. The van der Waals surface area contributed by atoms with Crippen LogP contribution < -0.4 is 16.0 Å². The van der Waals surface area contributed by atoms with Crippen LogP contribution in [-0.4, -0.2) is 35.9 Å². The van der Waals surface area contributed by atoms with E-state index < -0.39 is 0 Å². The van der Waals surface area contributed by atoms with Gasteiger partial charge in [0.05, 0.1) is 17.8 Å². The van der Waals surface area contributed by atoms with Crippen molar-refractivity contribution in [1.29, 1.82) is 0 Å². The molecular weight excluding hydrogens is 274 g/mol. The summed E-state index contributed by atoms with van der Waals surface area (Å²) in [6.07, 6.45) is 9.24. The molecule has 1 aliphatic rings. The van der Waals surface area contributed by atoms with E-state index in [1.165, 1.54) is 5.69 Å². The Labute approximate surface area is 130 Å². The van der Waals surface area contributed by atoms with Crippen LogP contribution in [0.1, 0.15) is 0 Å². The summed E-state index contributed by atoms with van der Waals surface area (Å²) in [5, 5.41) is 11.6. The van der Waals surface area contributed by atoms with Crippen LogP contribution in [0.2, 0.25) is 0 Å². The van der Waals surface area contributed by atoms with Crippen molar-refractivity contribution in [3.8, 4) is 0 Å². The lowest BCUT2D eigenvalue weighted by Crippen LogP contribution is -2.52. The maximum atomic E-state index is 5.84. The highest BCUT2D eigenvalue weighted by Gasteiger charge is 2.24. The van der Waals surface area contributed by atoms with Crippen LogP contribution in [0.3, 0.4) is 0 Å². The van der Waals surface area contributed by atoms with Gasteiger partial charge < -0.3 is 16.0 Å². The summed E-state index contributed by atoms with van der Waals surface area (Å²) in [5.74, 6) is 0. The van der Waals surface area contributed by atoms with Gasteiger partial charge in [-0.1, -0.05) is 24.8 Å². The van der Waals surface area contributed by atoms with Crippen LogP contribution in [0.4, 0.5) is 5.69 Å². The SMILES string of the molecule is C=C/C=C\C(=C/N)C1CNCCN1c1ccc2[nH]ncc2c1. The Morgan fingerprint density at radius 1 is 1.45 bits per heavy atom. The average Bonchev–Trinajstić information content (AvgIpc) is 3.03. The fourth-order valence-electron chi connectivity index (χ4n) is 2.88. The van der Waals surface area contributed by atoms with Gasteiger partial charge in [0.25, 0.3) is 0 Å². The van der Waals surface area contributed by atoms with Gasteiger partial charge in [0.15, 0.2) is 0 Å². The zero-order valence-electron chi connectivity index (χ0n) is 12.5. The molecule has 0 radical (unpaired) electrons. The van der Waals surface area contributed by atoms with Crippen molar-refractivity contribution < 1.29 is 0 Å². The lowest BCUT2D eigenvalue weighted by molar-refractivity contribution is 0.519. The quantitative estimate of drug-likeness (QED) is 0.754. The minimum Gasteiger partial charge on any atom is -0.404 e. The number of aromatic amines is 1. The van der Waals surface area contributed by atoms with E-state index in [9.17, 15) is 0 Å². The van der Waals surface area contributed by atoms with E-state index in [-0.39, 0.29) is 6.04 Å². The molecule has 1 aliphatic heterocycles. The van der Waals surface area contributed by atoms with Gasteiger partial charge in [0, 0.05) is 30.7 Å². The smallest absolute Gasteiger partial charge is 0.0681 e. The Morgan fingerprint density at radius 2 is 2.36 bits per heavy atom. The molecule has 1 atom stereocenters. The molecule has 1 fully saturated rings. The average molecular weight is 295 g/mol. The van der Waals surface area contributed by atoms with Gasteiger partial charge in [0.1, 0.15) is 0 Å².